The maximum atomic E-state index is 13.1. The molecule has 0 amide bonds. The van der Waals surface area contributed by atoms with Crippen LogP contribution in [0.3, 0.4) is 0 Å². The standard InChI is InChI=1S/C15H14FNOS/c1-11-7-13(4-5-15(11)16)18-9-14-8-12(10-19-14)3-2-6-17/h4-5,7-8,10H,6,9,17H2,1H3. The first-order valence-electron chi connectivity index (χ1n) is 5.84. The van der Waals surface area contributed by atoms with Crippen LogP contribution in [-0.2, 0) is 6.61 Å². The van der Waals surface area contributed by atoms with E-state index >= 15 is 0 Å². The number of hydrogen-bond acceptors (Lipinski definition) is 3. The lowest BCUT2D eigenvalue weighted by molar-refractivity contribution is 0.309. The first kappa shape index (κ1) is 13.6. The maximum Gasteiger partial charge on any atom is 0.126 e. The second-order valence-corrected chi connectivity index (χ2v) is 5.00. The van der Waals surface area contributed by atoms with Crippen molar-refractivity contribution >= 4 is 11.3 Å². The van der Waals surface area contributed by atoms with Crippen LogP contribution in [0.1, 0.15) is 16.0 Å². The molecular weight excluding hydrogens is 261 g/mol. The summed E-state index contributed by atoms with van der Waals surface area (Å²) in [5, 5.41) is 1.97. The average Bonchev–Trinajstić information content (AvgIpc) is 2.86. The normalized spacial score (nSPS) is 9.84. The fraction of sp³-hybridized carbons (Fsp3) is 0.200. The number of rotatable bonds is 3. The quantitative estimate of drug-likeness (QED) is 0.874. The van der Waals surface area contributed by atoms with Crippen LogP contribution in [-0.4, -0.2) is 6.54 Å². The van der Waals surface area contributed by atoms with Crippen LogP contribution >= 0.6 is 11.3 Å². The molecule has 19 heavy (non-hydrogen) atoms. The van der Waals surface area contributed by atoms with Gasteiger partial charge >= 0.3 is 0 Å². The Morgan fingerprint density at radius 1 is 1.37 bits per heavy atom. The third-order valence-electron chi connectivity index (χ3n) is 2.50. The molecule has 2 aromatic rings. The Balaban J connectivity index is 1.98. The van der Waals surface area contributed by atoms with Gasteiger partial charge in [0.25, 0.3) is 0 Å². The molecule has 0 aliphatic carbocycles. The van der Waals surface area contributed by atoms with Crippen LogP contribution in [0, 0.1) is 24.6 Å². The second kappa shape index (κ2) is 6.37. The molecule has 0 atom stereocenters. The molecule has 0 fully saturated rings. The summed E-state index contributed by atoms with van der Waals surface area (Å²) in [6.07, 6.45) is 0. The van der Waals surface area contributed by atoms with Crippen molar-refractivity contribution in [1.82, 2.24) is 0 Å². The molecule has 2 nitrogen and oxygen atoms in total. The topological polar surface area (TPSA) is 35.2 Å². The summed E-state index contributed by atoms with van der Waals surface area (Å²) in [5.41, 5.74) is 6.85. The Morgan fingerprint density at radius 3 is 2.95 bits per heavy atom. The largest absolute Gasteiger partial charge is 0.488 e. The van der Waals surface area contributed by atoms with E-state index in [4.69, 9.17) is 10.5 Å². The number of halogens is 1. The highest BCUT2D eigenvalue weighted by atomic mass is 32.1. The Labute approximate surface area is 116 Å². The highest BCUT2D eigenvalue weighted by Crippen LogP contribution is 2.20. The summed E-state index contributed by atoms with van der Waals surface area (Å²) in [7, 11) is 0. The molecule has 0 saturated heterocycles. The van der Waals surface area contributed by atoms with Crippen molar-refractivity contribution in [2.24, 2.45) is 5.73 Å². The van der Waals surface area contributed by atoms with Crippen molar-refractivity contribution in [1.29, 1.82) is 0 Å². The fourth-order valence-corrected chi connectivity index (χ4v) is 2.26. The Hall–Kier alpha value is -1.83. The predicted octanol–water partition coefficient (Wildman–Crippen LogP) is 3.08. The first-order chi connectivity index (χ1) is 9.19. The smallest absolute Gasteiger partial charge is 0.126 e. The number of hydrogen-bond donors (Lipinski definition) is 1. The molecule has 0 spiro atoms. The van der Waals surface area contributed by atoms with Crippen LogP contribution in [0.25, 0.3) is 0 Å². The van der Waals surface area contributed by atoms with Crippen LogP contribution in [0.4, 0.5) is 4.39 Å². The summed E-state index contributed by atoms with van der Waals surface area (Å²) < 4.78 is 18.7. The summed E-state index contributed by atoms with van der Waals surface area (Å²) >= 11 is 1.58. The van der Waals surface area contributed by atoms with E-state index in [2.05, 4.69) is 11.8 Å². The van der Waals surface area contributed by atoms with Gasteiger partial charge in [-0.2, -0.15) is 0 Å². The molecular formula is C15H14FNOS. The molecule has 0 saturated carbocycles. The van der Waals surface area contributed by atoms with Crippen LogP contribution in [0.5, 0.6) is 5.75 Å². The number of aryl methyl sites for hydroxylation is 1. The SMILES string of the molecule is Cc1cc(OCc2cc(C#CCN)cs2)ccc1F. The van der Waals surface area contributed by atoms with Gasteiger partial charge < -0.3 is 10.5 Å². The number of thiophene rings is 1. The molecule has 1 heterocycles. The third-order valence-corrected chi connectivity index (χ3v) is 3.41. The summed E-state index contributed by atoms with van der Waals surface area (Å²) in [5.74, 6) is 6.23. The molecule has 0 unspecified atom stereocenters. The third kappa shape index (κ3) is 3.82. The van der Waals surface area contributed by atoms with Crippen LogP contribution < -0.4 is 10.5 Å². The van der Waals surface area contributed by atoms with Gasteiger partial charge in [0.05, 0.1) is 6.54 Å². The van der Waals surface area contributed by atoms with E-state index in [1.54, 1.807) is 30.4 Å². The highest BCUT2D eigenvalue weighted by Gasteiger charge is 2.02. The lowest BCUT2D eigenvalue weighted by Gasteiger charge is -2.05. The Kier molecular flexibility index (Phi) is 4.56. The fourth-order valence-electron chi connectivity index (χ4n) is 1.54. The summed E-state index contributed by atoms with van der Waals surface area (Å²) in [6, 6.07) is 6.71. The lowest BCUT2D eigenvalue weighted by atomic mass is 10.2. The minimum atomic E-state index is -0.220. The van der Waals surface area contributed by atoms with Gasteiger partial charge in [0.1, 0.15) is 18.2 Å². The molecule has 0 aliphatic heterocycles. The van der Waals surface area contributed by atoms with Gasteiger partial charge in [-0.25, -0.2) is 4.39 Å². The van der Waals surface area contributed by atoms with E-state index in [1.165, 1.54) is 6.07 Å². The molecule has 2 N–H and O–H groups in total. The minimum absolute atomic E-state index is 0.220. The van der Waals surface area contributed by atoms with Crippen LogP contribution in [0.2, 0.25) is 0 Å². The van der Waals surface area contributed by atoms with Gasteiger partial charge in [-0.15, -0.1) is 11.3 Å². The van der Waals surface area contributed by atoms with Crippen molar-refractivity contribution in [2.45, 2.75) is 13.5 Å². The van der Waals surface area contributed by atoms with Gasteiger partial charge in [-0.05, 0) is 36.8 Å². The molecule has 0 bridgehead atoms. The van der Waals surface area contributed by atoms with Gasteiger partial charge in [-0.3, -0.25) is 0 Å². The van der Waals surface area contributed by atoms with E-state index in [0.29, 0.717) is 24.5 Å². The van der Waals surface area contributed by atoms with E-state index in [9.17, 15) is 4.39 Å². The zero-order valence-electron chi connectivity index (χ0n) is 10.6. The van der Waals surface area contributed by atoms with Crippen molar-refractivity contribution in [3.05, 3.63) is 51.5 Å². The van der Waals surface area contributed by atoms with Gasteiger partial charge in [0.2, 0.25) is 0 Å². The monoisotopic (exact) mass is 275 g/mol. The maximum absolute atomic E-state index is 13.1. The molecule has 1 aromatic heterocycles. The van der Waals surface area contributed by atoms with E-state index in [-0.39, 0.29) is 5.82 Å². The van der Waals surface area contributed by atoms with Gasteiger partial charge in [0, 0.05) is 15.8 Å². The summed E-state index contributed by atoms with van der Waals surface area (Å²) in [4.78, 5) is 1.07. The Bertz CT molecular complexity index is 625. The zero-order valence-corrected chi connectivity index (χ0v) is 11.4. The van der Waals surface area contributed by atoms with E-state index in [1.807, 2.05) is 11.4 Å². The van der Waals surface area contributed by atoms with Crippen molar-refractivity contribution < 1.29 is 9.13 Å². The Morgan fingerprint density at radius 2 is 2.21 bits per heavy atom. The number of ether oxygens (including phenoxy) is 1. The molecule has 0 aliphatic rings. The molecule has 98 valence electrons. The van der Waals surface area contributed by atoms with Crippen molar-refractivity contribution in [2.75, 3.05) is 6.54 Å². The second-order valence-electron chi connectivity index (χ2n) is 4.01. The van der Waals surface area contributed by atoms with E-state index in [0.717, 1.165) is 10.4 Å². The lowest BCUT2D eigenvalue weighted by Crippen LogP contribution is -1.94. The number of nitrogens with two attached hydrogens (primary N) is 1. The zero-order chi connectivity index (χ0) is 13.7. The van der Waals surface area contributed by atoms with Crippen LogP contribution in [0.15, 0.2) is 29.6 Å². The minimum Gasteiger partial charge on any atom is -0.488 e. The highest BCUT2D eigenvalue weighted by molar-refractivity contribution is 7.10. The van der Waals surface area contributed by atoms with Crippen molar-refractivity contribution in [3.8, 4) is 17.6 Å². The molecule has 2 rings (SSSR count). The first-order valence-corrected chi connectivity index (χ1v) is 6.72. The molecule has 4 heteroatoms. The predicted molar refractivity (Wildman–Crippen MR) is 75.7 cm³/mol. The molecule has 1 aromatic carbocycles. The van der Waals surface area contributed by atoms with Gasteiger partial charge in [-0.1, -0.05) is 11.8 Å². The number of benzene rings is 1. The average molecular weight is 275 g/mol. The molecule has 0 radical (unpaired) electrons. The van der Waals surface area contributed by atoms with Gasteiger partial charge in [0.15, 0.2) is 0 Å². The van der Waals surface area contributed by atoms with Crippen molar-refractivity contribution in [3.63, 3.8) is 0 Å². The van der Waals surface area contributed by atoms with E-state index < -0.39 is 0 Å². The summed E-state index contributed by atoms with van der Waals surface area (Å²) in [6.45, 7) is 2.53.